The third-order valence-electron chi connectivity index (χ3n) is 3.31. The van der Waals surface area contributed by atoms with Crippen LogP contribution in [-0.2, 0) is 4.74 Å². The maximum absolute atomic E-state index is 12.6. The number of carbonyl (C=O) groups excluding carboxylic acids is 1. The SMILES string of the molecule is CCOc1ccc(-c2nc(C(=O)OC(C)(C)C)c(N(O)C(C)C)s2)cc1. The predicted molar refractivity (Wildman–Crippen MR) is 103 cm³/mol. The van der Waals surface area contributed by atoms with Crippen LogP contribution >= 0.6 is 11.3 Å². The highest BCUT2D eigenvalue weighted by Crippen LogP contribution is 2.36. The molecule has 0 amide bonds. The molecule has 0 saturated heterocycles. The normalized spacial score (nSPS) is 11.5. The van der Waals surface area contributed by atoms with Gasteiger partial charge >= 0.3 is 5.97 Å². The largest absolute Gasteiger partial charge is 0.494 e. The maximum Gasteiger partial charge on any atom is 0.360 e. The zero-order valence-corrected chi connectivity index (χ0v) is 16.9. The van der Waals surface area contributed by atoms with Crippen LogP contribution < -0.4 is 9.80 Å². The summed E-state index contributed by atoms with van der Waals surface area (Å²) in [7, 11) is 0. The fourth-order valence-corrected chi connectivity index (χ4v) is 3.25. The number of rotatable bonds is 6. The first-order chi connectivity index (χ1) is 12.1. The third-order valence-corrected chi connectivity index (χ3v) is 4.41. The Balaban J connectivity index is 2.42. The minimum absolute atomic E-state index is 0.116. The summed E-state index contributed by atoms with van der Waals surface area (Å²) >= 11 is 1.25. The summed E-state index contributed by atoms with van der Waals surface area (Å²) in [5.41, 5.74) is 0.312. The summed E-state index contributed by atoms with van der Waals surface area (Å²) in [6, 6.07) is 7.26. The lowest BCUT2D eigenvalue weighted by Gasteiger charge is -2.22. The van der Waals surface area contributed by atoms with Gasteiger partial charge in [0.2, 0.25) is 0 Å². The van der Waals surface area contributed by atoms with Gasteiger partial charge in [0, 0.05) is 5.56 Å². The molecule has 0 spiro atoms. The Morgan fingerprint density at radius 3 is 2.38 bits per heavy atom. The molecule has 1 N–H and O–H groups in total. The van der Waals surface area contributed by atoms with Gasteiger partial charge < -0.3 is 9.47 Å². The van der Waals surface area contributed by atoms with Gasteiger partial charge in [0.1, 0.15) is 16.4 Å². The molecule has 26 heavy (non-hydrogen) atoms. The molecule has 0 atom stereocenters. The first-order valence-electron chi connectivity index (χ1n) is 8.58. The van der Waals surface area contributed by atoms with Crippen molar-refractivity contribution < 1.29 is 19.5 Å². The minimum Gasteiger partial charge on any atom is -0.494 e. The van der Waals surface area contributed by atoms with Crippen LogP contribution in [0.1, 0.15) is 52.0 Å². The zero-order valence-electron chi connectivity index (χ0n) is 16.1. The molecule has 0 aliphatic carbocycles. The lowest BCUT2D eigenvalue weighted by molar-refractivity contribution is 0.00628. The molecule has 2 aromatic rings. The molecule has 0 radical (unpaired) electrons. The molecule has 6 nitrogen and oxygen atoms in total. The van der Waals surface area contributed by atoms with E-state index in [-0.39, 0.29) is 11.7 Å². The van der Waals surface area contributed by atoms with Gasteiger partial charge in [-0.25, -0.2) is 14.8 Å². The molecule has 7 heteroatoms. The number of carbonyl (C=O) groups is 1. The Bertz CT molecular complexity index is 748. The molecular formula is C19H26N2O4S. The maximum atomic E-state index is 12.6. The Hall–Kier alpha value is -2.12. The van der Waals surface area contributed by atoms with E-state index >= 15 is 0 Å². The number of anilines is 1. The Morgan fingerprint density at radius 1 is 1.27 bits per heavy atom. The molecule has 0 aliphatic rings. The minimum atomic E-state index is -0.643. The molecule has 1 aromatic carbocycles. The number of benzene rings is 1. The number of thiazole rings is 1. The summed E-state index contributed by atoms with van der Waals surface area (Å²) in [5.74, 6) is 0.215. The second kappa shape index (κ2) is 8.05. The highest BCUT2D eigenvalue weighted by atomic mass is 32.1. The molecule has 1 aromatic heterocycles. The lowest BCUT2D eigenvalue weighted by Crippen LogP contribution is -2.29. The van der Waals surface area contributed by atoms with Crippen molar-refractivity contribution in [2.24, 2.45) is 0 Å². The second-order valence-electron chi connectivity index (χ2n) is 7.07. The van der Waals surface area contributed by atoms with E-state index < -0.39 is 11.6 Å². The van der Waals surface area contributed by atoms with Crippen LogP contribution in [0.4, 0.5) is 5.00 Å². The molecule has 0 fully saturated rings. The van der Waals surface area contributed by atoms with Crippen molar-refractivity contribution in [3.05, 3.63) is 30.0 Å². The average Bonchev–Trinajstić information content (AvgIpc) is 2.98. The van der Waals surface area contributed by atoms with E-state index in [1.165, 1.54) is 11.3 Å². The number of aromatic nitrogens is 1. The average molecular weight is 378 g/mol. The summed E-state index contributed by atoms with van der Waals surface area (Å²) < 4.78 is 10.9. The van der Waals surface area contributed by atoms with Crippen LogP contribution in [0, 0.1) is 0 Å². The lowest BCUT2D eigenvalue weighted by atomic mass is 10.2. The van der Waals surface area contributed by atoms with Gasteiger partial charge in [0.05, 0.1) is 12.6 Å². The van der Waals surface area contributed by atoms with Crippen LogP contribution in [0.2, 0.25) is 0 Å². The van der Waals surface area contributed by atoms with Crippen LogP contribution in [0.15, 0.2) is 24.3 Å². The van der Waals surface area contributed by atoms with E-state index in [9.17, 15) is 10.0 Å². The molecule has 0 bridgehead atoms. The van der Waals surface area contributed by atoms with Crippen molar-refractivity contribution in [2.75, 3.05) is 11.7 Å². The fraction of sp³-hybridized carbons (Fsp3) is 0.474. The second-order valence-corrected chi connectivity index (χ2v) is 8.05. The van der Waals surface area contributed by atoms with Gasteiger partial charge in [-0.15, -0.1) is 0 Å². The molecular weight excluding hydrogens is 352 g/mol. The van der Waals surface area contributed by atoms with Crippen molar-refractivity contribution in [1.29, 1.82) is 0 Å². The van der Waals surface area contributed by atoms with Gasteiger partial charge in [0.15, 0.2) is 10.7 Å². The van der Waals surface area contributed by atoms with Crippen molar-refractivity contribution >= 4 is 22.3 Å². The van der Waals surface area contributed by atoms with Crippen LogP contribution in [0.3, 0.4) is 0 Å². The quantitative estimate of drug-likeness (QED) is 0.577. The molecule has 0 aliphatic heterocycles. The molecule has 142 valence electrons. The van der Waals surface area contributed by atoms with Gasteiger partial charge in [-0.1, -0.05) is 11.3 Å². The Kier molecular flexibility index (Phi) is 6.26. The Morgan fingerprint density at radius 2 is 1.88 bits per heavy atom. The highest BCUT2D eigenvalue weighted by molar-refractivity contribution is 7.19. The first-order valence-corrected chi connectivity index (χ1v) is 9.39. The molecule has 0 saturated carbocycles. The highest BCUT2D eigenvalue weighted by Gasteiger charge is 2.28. The zero-order chi connectivity index (χ0) is 19.5. The van der Waals surface area contributed by atoms with Crippen molar-refractivity contribution in [3.63, 3.8) is 0 Å². The van der Waals surface area contributed by atoms with Gasteiger partial charge in [0.25, 0.3) is 0 Å². The van der Waals surface area contributed by atoms with Crippen LogP contribution in [-0.4, -0.2) is 34.4 Å². The number of ether oxygens (including phenoxy) is 2. The van der Waals surface area contributed by atoms with Gasteiger partial charge in [-0.2, -0.15) is 0 Å². The first kappa shape index (κ1) is 20.2. The van der Waals surface area contributed by atoms with E-state index in [2.05, 4.69) is 4.98 Å². The molecule has 1 heterocycles. The Labute approximate surface area is 158 Å². The topological polar surface area (TPSA) is 71.9 Å². The number of hydroxylamine groups is 1. The summed E-state index contributed by atoms with van der Waals surface area (Å²) in [6.07, 6.45) is 0. The van der Waals surface area contributed by atoms with E-state index in [0.717, 1.165) is 16.4 Å². The standard InChI is InChI=1S/C19H26N2O4S/c1-7-24-14-10-8-13(9-11-14)16-20-15(18(22)25-19(4,5)6)17(26-16)21(23)12(2)3/h8-12,23H,7H2,1-6H3. The number of nitrogens with zero attached hydrogens (tertiary/aromatic N) is 2. The van der Waals surface area contributed by atoms with E-state index in [1.54, 1.807) is 20.8 Å². The van der Waals surface area contributed by atoms with Crippen molar-refractivity contribution in [2.45, 2.75) is 53.2 Å². The number of hydrogen-bond acceptors (Lipinski definition) is 7. The van der Waals surface area contributed by atoms with Gasteiger partial charge in [-0.05, 0) is 65.8 Å². The predicted octanol–water partition coefficient (Wildman–Crippen LogP) is 4.77. The monoisotopic (exact) mass is 378 g/mol. The van der Waals surface area contributed by atoms with Crippen molar-refractivity contribution in [1.82, 2.24) is 4.98 Å². The third kappa shape index (κ3) is 4.95. The molecule has 2 rings (SSSR count). The number of esters is 1. The van der Waals surface area contributed by atoms with Crippen LogP contribution in [0.5, 0.6) is 5.75 Å². The van der Waals surface area contributed by atoms with Gasteiger partial charge in [-0.3, -0.25) is 5.21 Å². The summed E-state index contributed by atoms with van der Waals surface area (Å²) in [6.45, 7) is 11.6. The smallest absolute Gasteiger partial charge is 0.360 e. The summed E-state index contributed by atoms with van der Waals surface area (Å²) in [4.78, 5) is 17.0. The van der Waals surface area contributed by atoms with E-state index in [4.69, 9.17) is 9.47 Å². The molecule has 0 unspecified atom stereocenters. The fourth-order valence-electron chi connectivity index (χ4n) is 2.15. The van der Waals surface area contributed by atoms with Crippen LogP contribution in [0.25, 0.3) is 10.6 Å². The van der Waals surface area contributed by atoms with Crippen molar-refractivity contribution in [3.8, 4) is 16.3 Å². The number of hydrogen-bond donors (Lipinski definition) is 1. The summed E-state index contributed by atoms with van der Waals surface area (Å²) in [5, 5.41) is 12.4. The van der Waals surface area contributed by atoms with E-state index in [1.807, 2.05) is 45.0 Å². The van der Waals surface area contributed by atoms with E-state index in [0.29, 0.717) is 16.6 Å².